The van der Waals surface area contributed by atoms with Gasteiger partial charge in [-0.05, 0) is 49.4 Å². The minimum Gasteiger partial charge on any atom is -0.389 e. The predicted octanol–water partition coefficient (Wildman–Crippen LogP) is 3.00. The maximum absolute atomic E-state index is 13.3. The van der Waals surface area contributed by atoms with Gasteiger partial charge in [0.05, 0.1) is 11.7 Å². The highest BCUT2D eigenvalue weighted by molar-refractivity contribution is 5.28. The molecule has 1 aliphatic rings. The van der Waals surface area contributed by atoms with Crippen LogP contribution in [-0.2, 0) is 11.2 Å². The van der Waals surface area contributed by atoms with Crippen LogP contribution in [0.25, 0.3) is 0 Å². The largest absolute Gasteiger partial charge is 0.389 e. The van der Waals surface area contributed by atoms with Gasteiger partial charge < -0.3 is 9.84 Å². The van der Waals surface area contributed by atoms with E-state index in [4.69, 9.17) is 4.74 Å². The maximum atomic E-state index is 13.3. The Labute approximate surface area is 108 Å². The molecule has 18 heavy (non-hydrogen) atoms. The lowest BCUT2D eigenvalue weighted by molar-refractivity contribution is -0.0582. The third kappa shape index (κ3) is 3.09. The van der Waals surface area contributed by atoms with Crippen LogP contribution in [0.15, 0.2) is 18.2 Å². The van der Waals surface area contributed by atoms with E-state index in [1.807, 2.05) is 6.92 Å². The summed E-state index contributed by atoms with van der Waals surface area (Å²) in [7, 11) is 1.68. The molecule has 1 fully saturated rings. The molecular formula is C15H21FO2. The molecule has 0 spiro atoms. The molecule has 100 valence electrons. The number of ether oxygens (including phenoxy) is 1. The Morgan fingerprint density at radius 3 is 3.00 bits per heavy atom. The van der Waals surface area contributed by atoms with Crippen LogP contribution in [0.1, 0.15) is 36.8 Å². The normalized spacial score (nSPS) is 28.3. The summed E-state index contributed by atoms with van der Waals surface area (Å²) < 4.78 is 18.6. The lowest BCUT2D eigenvalue weighted by atomic mass is 9.78. The molecule has 1 aromatic rings. The molecule has 0 amide bonds. The van der Waals surface area contributed by atoms with Crippen LogP contribution in [0.3, 0.4) is 0 Å². The molecule has 0 heterocycles. The first kappa shape index (κ1) is 13.5. The van der Waals surface area contributed by atoms with Gasteiger partial charge in [0, 0.05) is 20.0 Å². The van der Waals surface area contributed by atoms with Gasteiger partial charge in [-0.2, -0.15) is 0 Å². The second-order valence-electron chi connectivity index (χ2n) is 5.43. The van der Waals surface area contributed by atoms with E-state index in [1.54, 1.807) is 13.2 Å². The van der Waals surface area contributed by atoms with E-state index in [-0.39, 0.29) is 11.9 Å². The van der Waals surface area contributed by atoms with E-state index < -0.39 is 5.60 Å². The zero-order valence-corrected chi connectivity index (χ0v) is 11.1. The molecule has 1 saturated carbocycles. The number of aryl methyl sites for hydroxylation is 1. The molecule has 1 aromatic carbocycles. The van der Waals surface area contributed by atoms with Gasteiger partial charge in [0.15, 0.2) is 0 Å². The minimum absolute atomic E-state index is 0.123. The fourth-order valence-corrected chi connectivity index (χ4v) is 2.83. The molecule has 0 aromatic heterocycles. The van der Waals surface area contributed by atoms with Gasteiger partial charge in [-0.15, -0.1) is 0 Å². The summed E-state index contributed by atoms with van der Waals surface area (Å²) >= 11 is 0. The van der Waals surface area contributed by atoms with E-state index >= 15 is 0 Å². The molecular weight excluding hydrogens is 231 g/mol. The molecule has 0 saturated heterocycles. The number of halogens is 1. The summed E-state index contributed by atoms with van der Waals surface area (Å²) in [4.78, 5) is 0. The summed E-state index contributed by atoms with van der Waals surface area (Å²) in [5.74, 6) is -0.238. The zero-order valence-electron chi connectivity index (χ0n) is 11.1. The quantitative estimate of drug-likeness (QED) is 0.896. The first-order valence-electron chi connectivity index (χ1n) is 6.53. The van der Waals surface area contributed by atoms with Gasteiger partial charge in [-0.3, -0.25) is 0 Å². The molecule has 0 radical (unpaired) electrons. The van der Waals surface area contributed by atoms with Crippen LogP contribution in [0.5, 0.6) is 0 Å². The van der Waals surface area contributed by atoms with E-state index in [0.29, 0.717) is 12.8 Å². The van der Waals surface area contributed by atoms with Crippen molar-refractivity contribution in [1.82, 2.24) is 0 Å². The van der Waals surface area contributed by atoms with E-state index in [1.165, 1.54) is 12.1 Å². The predicted molar refractivity (Wildman–Crippen MR) is 69.1 cm³/mol. The smallest absolute Gasteiger partial charge is 0.123 e. The van der Waals surface area contributed by atoms with Gasteiger partial charge in [0.1, 0.15) is 5.82 Å². The van der Waals surface area contributed by atoms with Crippen molar-refractivity contribution in [2.75, 3.05) is 7.11 Å². The third-order valence-corrected chi connectivity index (χ3v) is 3.94. The van der Waals surface area contributed by atoms with Crippen molar-refractivity contribution in [3.63, 3.8) is 0 Å². The van der Waals surface area contributed by atoms with Crippen molar-refractivity contribution in [3.05, 3.63) is 35.1 Å². The second-order valence-corrected chi connectivity index (χ2v) is 5.43. The van der Waals surface area contributed by atoms with Crippen LogP contribution in [0, 0.1) is 12.7 Å². The Kier molecular flexibility index (Phi) is 4.03. The molecule has 2 rings (SSSR count). The monoisotopic (exact) mass is 252 g/mol. The first-order chi connectivity index (χ1) is 8.52. The summed E-state index contributed by atoms with van der Waals surface area (Å²) in [5.41, 5.74) is 1.18. The summed E-state index contributed by atoms with van der Waals surface area (Å²) in [6.45, 7) is 1.95. The van der Waals surface area contributed by atoms with Gasteiger partial charge in [-0.25, -0.2) is 4.39 Å². The van der Waals surface area contributed by atoms with Crippen LogP contribution in [-0.4, -0.2) is 23.9 Å². The summed E-state index contributed by atoms with van der Waals surface area (Å²) in [6.07, 6.45) is 4.00. The Morgan fingerprint density at radius 1 is 1.50 bits per heavy atom. The summed E-state index contributed by atoms with van der Waals surface area (Å²) in [6, 6.07) is 4.76. The van der Waals surface area contributed by atoms with E-state index in [9.17, 15) is 9.50 Å². The fourth-order valence-electron chi connectivity index (χ4n) is 2.83. The molecule has 2 unspecified atom stereocenters. The summed E-state index contributed by atoms with van der Waals surface area (Å²) in [5, 5.41) is 10.6. The van der Waals surface area contributed by atoms with Crippen molar-refractivity contribution in [2.45, 2.75) is 50.7 Å². The molecule has 0 bridgehead atoms. The molecule has 3 heteroatoms. The molecule has 1 N–H and O–H groups in total. The molecule has 1 aliphatic carbocycles. The van der Waals surface area contributed by atoms with E-state index in [0.717, 1.165) is 30.4 Å². The van der Waals surface area contributed by atoms with Gasteiger partial charge in [-0.1, -0.05) is 6.07 Å². The van der Waals surface area contributed by atoms with Crippen LogP contribution in [0.2, 0.25) is 0 Å². The van der Waals surface area contributed by atoms with Crippen molar-refractivity contribution in [2.24, 2.45) is 0 Å². The number of methoxy groups -OCH3 is 1. The molecule has 0 aliphatic heterocycles. The number of hydrogen-bond acceptors (Lipinski definition) is 2. The number of benzene rings is 1. The van der Waals surface area contributed by atoms with Crippen molar-refractivity contribution < 1.29 is 14.2 Å². The van der Waals surface area contributed by atoms with E-state index in [2.05, 4.69) is 0 Å². The fraction of sp³-hybridized carbons (Fsp3) is 0.600. The average molecular weight is 252 g/mol. The van der Waals surface area contributed by atoms with Gasteiger partial charge in [0.25, 0.3) is 0 Å². The van der Waals surface area contributed by atoms with Crippen LogP contribution >= 0.6 is 0 Å². The second kappa shape index (κ2) is 5.37. The third-order valence-electron chi connectivity index (χ3n) is 3.94. The number of aliphatic hydroxyl groups is 1. The highest BCUT2D eigenvalue weighted by Gasteiger charge is 2.34. The lowest BCUT2D eigenvalue weighted by Gasteiger charge is -2.36. The van der Waals surface area contributed by atoms with Crippen molar-refractivity contribution in [1.29, 1.82) is 0 Å². The Hall–Kier alpha value is -0.930. The lowest BCUT2D eigenvalue weighted by Crippen LogP contribution is -2.40. The highest BCUT2D eigenvalue weighted by atomic mass is 19.1. The standard InChI is InChI=1S/C15H21FO2/c1-11-5-6-13(16)8-12(11)9-15(17)7-3-4-14(10-15)18-2/h5-6,8,14,17H,3-4,7,9-10H2,1-2H3. The minimum atomic E-state index is -0.752. The Morgan fingerprint density at radius 2 is 2.28 bits per heavy atom. The Balaban J connectivity index is 2.14. The highest BCUT2D eigenvalue weighted by Crippen LogP contribution is 2.33. The Bertz CT molecular complexity index is 419. The van der Waals surface area contributed by atoms with Crippen LogP contribution in [0.4, 0.5) is 4.39 Å². The van der Waals surface area contributed by atoms with Crippen molar-refractivity contribution in [3.8, 4) is 0 Å². The van der Waals surface area contributed by atoms with Gasteiger partial charge >= 0.3 is 0 Å². The SMILES string of the molecule is COC1CCCC(O)(Cc2cc(F)ccc2C)C1. The average Bonchev–Trinajstić information content (AvgIpc) is 2.33. The maximum Gasteiger partial charge on any atom is 0.123 e. The van der Waals surface area contributed by atoms with Gasteiger partial charge in [0.2, 0.25) is 0 Å². The molecule has 2 nitrogen and oxygen atoms in total. The molecule has 2 atom stereocenters. The first-order valence-corrected chi connectivity index (χ1v) is 6.53. The number of rotatable bonds is 3. The van der Waals surface area contributed by atoms with Crippen molar-refractivity contribution >= 4 is 0 Å². The van der Waals surface area contributed by atoms with Crippen LogP contribution < -0.4 is 0 Å². The zero-order chi connectivity index (χ0) is 13.2. The topological polar surface area (TPSA) is 29.5 Å². The number of hydrogen-bond donors (Lipinski definition) is 1.